The molecule has 1 aromatic heterocycles. The van der Waals surface area contributed by atoms with Crippen LogP contribution >= 0.6 is 0 Å². The van der Waals surface area contributed by atoms with E-state index in [1.54, 1.807) is 12.5 Å². The number of carbonyl (C=O) groups is 1. The summed E-state index contributed by atoms with van der Waals surface area (Å²) in [6.45, 7) is 5.22. The maximum absolute atomic E-state index is 12.4. The number of benzene rings is 2. The summed E-state index contributed by atoms with van der Waals surface area (Å²) in [4.78, 5) is 21.1. The molecular formula is C22H25N5O. The average Bonchev–Trinajstić information content (AvgIpc) is 3.26. The predicted octanol–water partition coefficient (Wildman–Crippen LogP) is 2.63. The molecule has 0 unspecified atom stereocenters. The Labute approximate surface area is 165 Å². The van der Waals surface area contributed by atoms with E-state index in [1.807, 2.05) is 41.1 Å². The van der Waals surface area contributed by atoms with Crippen LogP contribution in [0.1, 0.15) is 5.56 Å². The monoisotopic (exact) mass is 375 g/mol. The second-order valence-corrected chi connectivity index (χ2v) is 7.10. The Balaban J connectivity index is 1.22. The molecular weight excluding hydrogens is 350 g/mol. The van der Waals surface area contributed by atoms with E-state index in [0.29, 0.717) is 6.54 Å². The van der Waals surface area contributed by atoms with Gasteiger partial charge in [-0.15, -0.1) is 0 Å². The second kappa shape index (κ2) is 8.82. The molecule has 1 aliphatic rings. The van der Waals surface area contributed by atoms with Crippen molar-refractivity contribution in [2.75, 3.05) is 38.0 Å². The Hall–Kier alpha value is -2.96. The number of nitrogens with zero attached hydrogens (tertiary/aromatic N) is 4. The number of amides is 1. The van der Waals surface area contributed by atoms with Crippen LogP contribution in [0.3, 0.4) is 0 Å². The van der Waals surface area contributed by atoms with Gasteiger partial charge < -0.3 is 9.88 Å². The summed E-state index contributed by atoms with van der Waals surface area (Å²) in [5.74, 6) is 0.0342. The maximum Gasteiger partial charge on any atom is 0.238 e. The number of piperazine rings is 1. The molecule has 0 radical (unpaired) electrons. The minimum atomic E-state index is 0.0342. The van der Waals surface area contributed by atoms with E-state index in [-0.39, 0.29) is 5.91 Å². The van der Waals surface area contributed by atoms with Gasteiger partial charge in [0.05, 0.1) is 12.9 Å². The molecule has 0 spiro atoms. The van der Waals surface area contributed by atoms with Crippen LogP contribution in [0.2, 0.25) is 0 Å². The molecule has 1 saturated heterocycles. The summed E-state index contributed by atoms with van der Waals surface area (Å²) in [7, 11) is 0. The first kappa shape index (κ1) is 18.4. The fraction of sp³-hybridized carbons (Fsp3) is 0.273. The molecule has 0 atom stereocenters. The molecule has 0 aliphatic carbocycles. The molecule has 1 amide bonds. The standard InChI is InChI=1S/C22H25N5O/c28-22(24-20-6-8-21(9-7-20)27-11-10-23-18-27)17-26-14-12-25(13-15-26)16-19-4-2-1-3-5-19/h1-11,18H,12-17H2,(H,24,28). The highest BCUT2D eigenvalue weighted by Gasteiger charge is 2.19. The zero-order chi connectivity index (χ0) is 19.2. The van der Waals surface area contributed by atoms with E-state index in [9.17, 15) is 4.79 Å². The largest absolute Gasteiger partial charge is 0.325 e. The van der Waals surface area contributed by atoms with Crippen LogP contribution in [-0.2, 0) is 11.3 Å². The third-order valence-electron chi connectivity index (χ3n) is 5.03. The van der Waals surface area contributed by atoms with Crippen LogP contribution < -0.4 is 5.32 Å². The molecule has 144 valence electrons. The molecule has 4 rings (SSSR count). The number of hydrogen-bond acceptors (Lipinski definition) is 4. The van der Waals surface area contributed by atoms with Gasteiger partial charge >= 0.3 is 0 Å². The summed E-state index contributed by atoms with van der Waals surface area (Å²) in [6.07, 6.45) is 5.39. The quantitative estimate of drug-likeness (QED) is 0.720. The molecule has 1 fully saturated rings. The third kappa shape index (κ3) is 4.85. The molecule has 0 bridgehead atoms. The zero-order valence-corrected chi connectivity index (χ0v) is 15.9. The van der Waals surface area contributed by atoms with Gasteiger partial charge in [0, 0.05) is 56.5 Å². The SMILES string of the molecule is O=C(CN1CCN(Cc2ccccc2)CC1)Nc1ccc(-n2ccnc2)cc1. The molecule has 28 heavy (non-hydrogen) atoms. The number of nitrogens with one attached hydrogen (secondary N) is 1. The Morgan fingerprint density at radius 2 is 1.64 bits per heavy atom. The number of aromatic nitrogens is 2. The van der Waals surface area contributed by atoms with Crippen molar-refractivity contribution >= 4 is 11.6 Å². The fourth-order valence-electron chi connectivity index (χ4n) is 3.48. The lowest BCUT2D eigenvalue weighted by atomic mass is 10.2. The molecule has 2 heterocycles. The van der Waals surface area contributed by atoms with Crippen LogP contribution in [0.5, 0.6) is 0 Å². The van der Waals surface area contributed by atoms with E-state index in [1.165, 1.54) is 5.56 Å². The van der Waals surface area contributed by atoms with E-state index in [2.05, 4.69) is 44.4 Å². The van der Waals surface area contributed by atoms with Gasteiger partial charge in [0.2, 0.25) is 5.91 Å². The highest BCUT2D eigenvalue weighted by molar-refractivity contribution is 5.92. The van der Waals surface area contributed by atoms with Gasteiger partial charge in [-0.3, -0.25) is 14.6 Å². The minimum Gasteiger partial charge on any atom is -0.325 e. The number of imidazole rings is 1. The second-order valence-electron chi connectivity index (χ2n) is 7.10. The molecule has 0 saturated carbocycles. The van der Waals surface area contributed by atoms with Crippen LogP contribution in [0.4, 0.5) is 5.69 Å². The van der Waals surface area contributed by atoms with Gasteiger partial charge in [0.1, 0.15) is 0 Å². The summed E-state index contributed by atoms with van der Waals surface area (Å²) in [5.41, 5.74) is 3.18. The molecule has 1 aliphatic heterocycles. The summed E-state index contributed by atoms with van der Waals surface area (Å²) >= 11 is 0. The van der Waals surface area contributed by atoms with Crippen molar-refractivity contribution in [3.8, 4) is 5.69 Å². The van der Waals surface area contributed by atoms with Gasteiger partial charge in [-0.05, 0) is 29.8 Å². The van der Waals surface area contributed by atoms with Crippen molar-refractivity contribution in [3.05, 3.63) is 78.9 Å². The summed E-state index contributed by atoms with van der Waals surface area (Å²) < 4.78 is 1.93. The third-order valence-corrected chi connectivity index (χ3v) is 5.03. The summed E-state index contributed by atoms with van der Waals surface area (Å²) in [5, 5.41) is 2.99. The minimum absolute atomic E-state index is 0.0342. The number of hydrogen-bond donors (Lipinski definition) is 1. The van der Waals surface area contributed by atoms with E-state index >= 15 is 0 Å². The highest BCUT2D eigenvalue weighted by atomic mass is 16.2. The van der Waals surface area contributed by atoms with E-state index in [4.69, 9.17) is 0 Å². The van der Waals surface area contributed by atoms with Crippen molar-refractivity contribution in [3.63, 3.8) is 0 Å². The summed E-state index contributed by atoms with van der Waals surface area (Å²) in [6, 6.07) is 18.3. The molecule has 6 heteroatoms. The lowest BCUT2D eigenvalue weighted by Gasteiger charge is -2.34. The van der Waals surface area contributed by atoms with Crippen molar-refractivity contribution in [2.45, 2.75) is 6.54 Å². The van der Waals surface area contributed by atoms with Gasteiger partial charge in [-0.1, -0.05) is 30.3 Å². The normalized spacial score (nSPS) is 15.4. The topological polar surface area (TPSA) is 53.4 Å². The van der Waals surface area contributed by atoms with Gasteiger partial charge in [-0.2, -0.15) is 0 Å². The van der Waals surface area contributed by atoms with Crippen molar-refractivity contribution in [1.29, 1.82) is 0 Å². The number of anilines is 1. The maximum atomic E-state index is 12.4. The molecule has 3 aromatic rings. The number of carbonyl (C=O) groups excluding carboxylic acids is 1. The van der Waals surface area contributed by atoms with Gasteiger partial charge in [0.15, 0.2) is 0 Å². The molecule has 6 nitrogen and oxygen atoms in total. The number of rotatable bonds is 6. The average molecular weight is 375 g/mol. The van der Waals surface area contributed by atoms with Gasteiger partial charge in [-0.25, -0.2) is 4.98 Å². The zero-order valence-electron chi connectivity index (χ0n) is 15.9. The first-order chi connectivity index (χ1) is 13.8. The fourth-order valence-corrected chi connectivity index (χ4v) is 3.48. The Morgan fingerprint density at radius 1 is 0.929 bits per heavy atom. The van der Waals surface area contributed by atoms with Crippen molar-refractivity contribution in [1.82, 2.24) is 19.4 Å². The molecule has 1 N–H and O–H groups in total. The lowest BCUT2D eigenvalue weighted by Crippen LogP contribution is -2.48. The van der Waals surface area contributed by atoms with Crippen LogP contribution in [0, 0.1) is 0 Å². The first-order valence-corrected chi connectivity index (χ1v) is 9.63. The van der Waals surface area contributed by atoms with Crippen LogP contribution in [0.15, 0.2) is 73.3 Å². The van der Waals surface area contributed by atoms with Crippen LogP contribution in [-0.4, -0.2) is 58.0 Å². The van der Waals surface area contributed by atoms with Crippen molar-refractivity contribution < 1.29 is 4.79 Å². The van der Waals surface area contributed by atoms with Crippen LogP contribution in [0.25, 0.3) is 5.69 Å². The highest BCUT2D eigenvalue weighted by Crippen LogP contribution is 2.13. The smallest absolute Gasteiger partial charge is 0.238 e. The first-order valence-electron chi connectivity index (χ1n) is 9.63. The van der Waals surface area contributed by atoms with E-state index < -0.39 is 0 Å². The van der Waals surface area contributed by atoms with Crippen molar-refractivity contribution in [2.24, 2.45) is 0 Å². The lowest BCUT2D eigenvalue weighted by molar-refractivity contribution is -0.117. The van der Waals surface area contributed by atoms with E-state index in [0.717, 1.165) is 44.1 Å². The Kier molecular flexibility index (Phi) is 5.80. The Bertz CT molecular complexity index is 869. The molecule has 2 aromatic carbocycles. The predicted molar refractivity (Wildman–Crippen MR) is 110 cm³/mol. The Morgan fingerprint density at radius 3 is 2.32 bits per heavy atom. The van der Waals surface area contributed by atoms with Gasteiger partial charge in [0.25, 0.3) is 0 Å².